The number of benzene rings is 2. The van der Waals surface area contributed by atoms with E-state index in [4.69, 9.17) is 23.2 Å². The smallest absolute Gasteiger partial charge is 0.254 e. The molecule has 2 aromatic heterocycles. The van der Waals surface area contributed by atoms with E-state index in [0.29, 0.717) is 22.4 Å². The van der Waals surface area contributed by atoms with Gasteiger partial charge in [0, 0.05) is 18.2 Å². The largest absolute Gasteiger partial charge is 0.366 e. The third-order valence-corrected chi connectivity index (χ3v) is 4.67. The summed E-state index contributed by atoms with van der Waals surface area (Å²) in [7, 11) is 0. The minimum absolute atomic E-state index is 0.507. The lowest BCUT2D eigenvalue weighted by atomic mass is 10.1. The fraction of sp³-hybridized carbons (Fsp3) is 0.0556. The number of rotatable bonds is 4. The molecule has 0 aliphatic carbocycles. The average Bonchev–Trinajstić information content (AvgIpc) is 3.12. The highest BCUT2D eigenvalue weighted by Gasteiger charge is 2.10. The molecule has 7 heteroatoms. The normalized spacial score (nSPS) is 11.0. The van der Waals surface area contributed by atoms with Crippen molar-refractivity contribution < 1.29 is 0 Å². The molecule has 2 heterocycles. The molecule has 4 rings (SSSR count). The Kier molecular flexibility index (Phi) is 4.26. The van der Waals surface area contributed by atoms with E-state index in [9.17, 15) is 0 Å². The average molecular weight is 370 g/mol. The van der Waals surface area contributed by atoms with Crippen molar-refractivity contribution in [1.29, 1.82) is 0 Å². The van der Waals surface area contributed by atoms with E-state index in [-0.39, 0.29) is 0 Å². The summed E-state index contributed by atoms with van der Waals surface area (Å²) in [5.41, 5.74) is 2.73. The number of hydrogen-bond donors (Lipinski definition) is 1. The van der Waals surface area contributed by atoms with Crippen molar-refractivity contribution in [3.63, 3.8) is 0 Å². The fourth-order valence-electron chi connectivity index (χ4n) is 2.57. The predicted octanol–water partition coefficient (Wildman–Crippen LogP) is 4.71. The van der Waals surface area contributed by atoms with Crippen molar-refractivity contribution >= 4 is 34.8 Å². The molecular formula is C18H13Cl2N5. The van der Waals surface area contributed by atoms with Gasteiger partial charge in [0.1, 0.15) is 12.1 Å². The molecule has 0 atom stereocenters. The van der Waals surface area contributed by atoms with Crippen LogP contribution in [0.25, 0.3) is 17.0 Å². The third-order valence-electron chi connectivity index (χ3n) is 3.81. The van der Waals surface area contributed by atoms with Gasteiger partial charge in [-0.15, -0.1) is 0 Å². The van der Waals surface area contributed by atoms with Crippen LogP contribution in [0.1, 0.15) is 5.56 Å². The Morgan fingerprint density at radius 3 is 2.68 bits per heavy atom. The van der Waals surface area contributed by atoms with Crippen molar-refractivity contribution in [2.75, 3.05) is 5.32 Å². The molecule has 0 saturated heterocycles. The summed E-state index contributed by atoms with van der Waals surface area (Å²) in [5, 5.41) is 8.65. The molecule has 0 amide bonds. The standard InChI is InChI=1S/C18H13Cl2N5/c19-14-8-4-7-13(17(14)20)10-21-16-9-15(12-5-2-1-3-6-12)24-18-22-11-23-25(16)18/h1-9,11,21H,10H2. The van der Waals surface area contributed by atoms with E-state index in [1.54, 1.807) is 10.6 Å². The summed E-state index contributed by atoms with van der Waals surface area (Å²) in [6.07, 6.45) is 1.48. The summed E-state index contributed by atoms with van der Waals surface area (Å²) in [4.78, 5) is 8.76. The molecule has 124 valence electrons. The Balaban J connectivity index is 1.71. The maximum absolute atomic E-state index is 6.26. The van der Waals surface area contributed by atoms with Crippen molar-refractivity contribution in [3.8, 4) is 11.3 Å². The van der Waals surface area contributed by atoms with E-state index in [1.165, 1.54) is 6.33 Å². The van der Waals surface area contributed by atoms with Crippen LogP contribution in [0, 0.1) is 0 Å². The lowest BCUT2D eigenvalue weighted by Crippen LogP contribution is -2.07. The van der Waals surface area contributed by atoms with Crippen LogP contribution in [0.5, 0.6) is 0 Å². The minimum atomic E-state index is 0.507. The molecule has 0 spiro atoms. The van der Waals surface area contributed by atoms with E-state index >= 15 is 0 Å². The second-order valence-electron chi connectivity index (χ2n) is 5.43. The number of nitrogens with zero attached hydrogens (tertiary/aromatic N) is 4. The van der Waals surface area contributed by atoms with Gasteiger partial charge in [-0.3, -0.25) is 0 Å². The summed E-state index contributed by atoms with van der Waals surface area (Å²) in [6, 6.07) is 17.4. The molecule has 0 saturated carbocycles. The van der Waals surface area contributed by atoms with Gasteiger partial charge in [0.15, 0.2) is 0 Å². The Hall–Kier alpha value is -2.63. The van der Waals surface area contributed by atoms with Gasteiger partial charge in [-0.25, -0.2) is 4.98 Å². The summed E-state index contributed by atoms with van der Waals surface area (Å²) in [6.45, 7) is 0.507. The van der Waals surface area contributed by atoms with Gasteiger partial charge in [0.25, 0.3) is 5.78 Å². The number of fused-ring (bicyclic) bond motifs is 1. The van der Waals surface area contributed by atoms with Crippen molar-refractivity contribution in [2.24, 2.45) is 0 Å². The number of aromatic nitrogens is 4. The van der Waals surface area contributed by atoms with Gasteiger partial charge in [-0.2, -0.15) is 14.6 Å². The molecule has 0 aliphatic heterocycles. The van der Waals surface area contributed by atoms with Crippen LogP contribution in [-0.4, -0.2) is 19.6 Å². The maximum atomic E-state index is 6.26. The van der Waals surface area contributed by atoms with Crippen LogP contribution < -0.4 is 5.32 Å². The van der Waals surface area contributed by atoms with Gasteiger partial charge in [-0.05, 0) is 11.6 Å². The number of nitrogens with one attached hydrogen (secondary N) is 1. The van der Waals surface area contributed by atoms with Crippen molar-refractivity contribution in [3.05, 3.63) is 76.5 Å². The van der Waals surface area contributed by atoms with E-state index in [0.717, 1.165) is 22.6 Å². The van der Waals surface area contributed by atoms with E-state index < -0.39 is 0 Å². The van der Waals surface area contributed by atoms with E-state index in [2.05, 4.69) is 20.4 Å². The highest BCUT2D eigenvalue weighted by molar-refractivity contribution is 6.42. The first-order chi connectivity index (χ1) is 12.2. The Morgan fingerprint density at radius 1 is 1.00 bits per heavy atom. The van der Waals surface area contributed by atoms with Gasteiger partial charge < -0.3 is 5.32 Å². The van der Waals surface area contributed by atoms with Crippen LogP contribution in [-0.2, 0) is 6.54 Å². The van der Waals surface area contributed by atoms with E-state index in [1.807, 2.05) is 48.5 Å². The molecule has 0 bridgehead atoms. The highest BCUT2D eigenvalue weighted by Crippen LogP contribution is 2.27. The monoisotopic (exact) mass is 369 g/mol. The molecule has 0 unspecified atom stereocenters. The lowest BCUT2D eigenvalue weighted by Gasteiger charge is -2.11. The van der Waals surface area contributed by atoms with Gasteiger partial charge in [-0.1, -0.05) is 65.7 Å². The topological polar surface area (TPSA) is 55.1 Å². The first kappa shape index (κ1) is 15.9. The molecule has 0 fully saturated rings. The van der Waals surface area contributed by atoms with Gasteiger partial charge in [0.2, 0.25) is 0 Å². The first-order valence-electron chi connectivity index (χ1n) is 7.65. The summed E-state index contributed by atoms with van der Waals surface area (Å²) >= 11 is 12.3. The second kappa shape index (κ2) is 6.70. The molecule has 0 aliphatic rings. The summed E-state index contributed by atoms with van der Waals surface area (Å²) < 4.78 is 1.66. The molecule has 2 aromatic carbocycles. The molecular weight excluding hydrogens is 357 g/mol. The molecule has 5 nitrogen and oxygen atoms in total. The van der Waals surface area contributed by atoms with Crippen LogP contribution in [0.4, 0.5) is 5.82 Å². The van der Waals surface area contributed by atoms with Gasteiger partial charge in [0.05, 0.1) is 15.7 Å². The number of halogens is 2. The lowest BCUT2D eigenvalue weighted by molar-refractivity contribution is 0.926. The molecule has 1 N–H and O–H groups in total. The van der Waals surface area contributed by atoms with Crippen molar-refractivity contribution in [2.45, 2.75) is 6.54 Å². The molecule has 4 aromatic rings. The number of hydrogen-bond acceptors (Lipinski definition) is 4. The maximum Gasteiger partial charge on any atom is 0.254 e. The second-order valence-corrected chi connectivity index (χ2v) is 6.22. The van der Waals surface area contributed by atoms with Crippen LogP contribution in [0.15, 0.2) is 60.9 Å². The minimum Gasteiger partial charge on any atom is -0.366 e. The van der Waals surface area contributed by atoms with Gasteiger partial charge >= 0.3 is 0 Å². The zero-order chi connectivity index (χ0) is 17.2. The predicted molar refractivity (Wildman–Crippen MR) is 100 cm³/mol. The Morgan fingerprint density at radius 2 is 1.84 bits per heavy atom. The first-order valence-corrected chi connectivity index (χ1v) is 8.41. The van der Waals surface area contributed by atoms with Crippen LogP contribution in [0.2, 0.25) is 10.0 Å². The van der Waals surface area contributed by atoms with Crippen molar-refractivity contribution in [1.82, 2.24) is 19.6 Å². The Labute approximate surface area is 154 Å². The Bertz CT molecular complexity index is 1030. The van der Waals surface area contributed by atoms with Crippen LogP contribution >= 0.6 is 23.2 Å². The molecule has 0 radical (unpaired) electrons. The zero-order valence-corrected chi connectivity index (χ0v) is 14.5. The molecule has 25 heavy (non-hydrogen) atoms. The fourth-order valence-corrected chi connectivity index (χ4v) is 2.95. The van der Waals surface area contributed by atoms with Crippen LogP contribution in [0.3, 0.4) is 0 Å². The quantitative estimate of drug-likeness (QED) is 0.565. The zero-order valence-electron chi connectivity index (χ0n) is 13.0. The SMILES string of the molecule is Clc1cccc(CNc2cc(-c3ccccc3)nc3ncnn23)c1Cl. The highest BCUT2D eigenvalue weighted by atomic mass is 35.5. The number of anilines is 1. The summed E-state index contributed by atoms with van der Waals surface area (Å²) in [5.74, 6) is 1.30. The third kappa shape index (κ3) is 3.16.